The quantitative estimate of drug-likeness (QED) is 0.837. The molecule has 0 bridgehead atoms. The third-order valence-corrected chi connectivity index (χ3v) is 5.12. The summed E-state index contributed by atoms with van der Waals surface area (Å²) in [7, 11) is -1.09. The topological polar surface area (TPSA) is 29.1 Å². The number of rotatable bonds is 4. The first-order chi connectivity index (χ1) is 8.10. The molecule has 0 aromatic rings. The maximum Gasteiger partial charge on any atom is 0.248 e. The van der Waals surface area contributed by atoms with E-state index < -0.39 is 16.9 Å². The van der Waals surface area contributed by atoms with E-state index in [0.717, 1.165) is 6.42 Å². The minimum Gasteiger partial charge on any atom is -0.242 e. The van der Waals surface area contributed by atoms with Gasteiger partial charge in [-0.15, -0.1) is 0 Å². The van der Waals surface area contributed by atoms with E-state index in [-0.39, 0.29) is 23.6 Å². The largest absolute Gasteiger partial charge is 0.248 e. The third-order valence-electron chi connectivity index (χ3n) is 3.39. The molecular formula is C13H25F2NOS. The number of hydrogen-bond donors (Lipinski definition) is 1. The lowest BCUT2D eigenvalue weighted by molar-refractivity contribution is -0.0470. The zero-order valence-corrected chi connectivity index (χ0v) is 12.6. The van der Waals surface area contributed by atoms with Crippen LogP contribution < -0.4 is 4.72 Å². The van der Waals surface area contributed by atoms with Gasteiger partial charge in [-0.2, -0.15) is 0 Å². The van der Waals surface area contributed by atoms with Crippen LogP contribution in [0.4, 0.5) is 8.78 Å². The minimum absolute atomic E-state index is 0.00669. The average Bonchev–Trinajstić information content (AvgIpc) is 2.19. The molecule has 1 rings (SSSR count). The molecule has 1 saturated carbocycles. The van der Waals surface area contributed by atoms with Gasteiger partial charge in [-0.05, 0) is 52.9 Å². The van der Waals surface area contributed by atoms with Crippen LogP contribution >= 0.6 is 0 Å². The lowest BCUT2D eigenvalue weighted by atomic mass is 9.83. The van der Waals surface area contributed by atoms with Gasteiger partial charge in [0, 0.05) is 18.9 Å². The lowest BCUT2D eigenvalue weighted by Gasteiger charge is -2.30. The highest BCUT2D eigenvalue weighted by Crippen LogP contribution is 2.37. The zero-order valence-electron chi connectivity index (χ0n) is 11.8. The first-order valence-electron chi connectivity index (χ1n) is 6.66. The Labute approximate surface area is 112 Å². The summed E-state index contributed by atoms with van der Waals surface area (Å²) in [6.07, 6.45) is 2.01. The minimum atomic E-state index is -2.46. The maximum absolute atomic E-state index is 13.0. The van der Waals surface area contributed by atoms with E-state index in [9.17, 15) is 13.0 Å². The molecule has 0 aromatic carbocycles. The van der Waals surface area contributed by atoms with Gasteiger partial charge in [-0.3, -0.25) is 0 Å². The Kier molecular flexibility index (Phi) is 5.30. The first-order valence-corrected chi connectivity index (χ1v) is 7.81. The summed E-state index contributed by atoms with van der Waals surface area (Å²) < 4.78 is 40.7. The summed E-state index contributed by atoms with van der Waals surface area (Å²) in [4.78, 5) is 0. The normalized spacial score (nSPS) is 24.8. The highest BCUT2D eigenvalue weighted by molar-refractivity contribution is 7.84. The van der Waals surface area contributed by atoms with E-state index in [4.69, 9.17) is 0 Å². The monoisotopic (exact) mass is 281 g/mol. The Morgan fingerprint density at radius 3 is 2.28 bits per heavy atom. The first kappa shape index (κ1) is 16.0. The van der Waals surface area contributed by atoms with Gasteiger partial charge in [0.15, 0.2) is 0 Å². The number of nitrogens with one attached hydrogen (secondary N) is 1. The Morgan fingerprint density at radius 1 is 1.33 bits per heavy atom. The van der Waals surface area contributed by atoms with Crippen LogP contribution in [0.5, 0.6) is 0 Å². The molecule has 0 unspecified atom stereocenters. The van der Waals surface area contributed by atoms with Crippen molar-refractivity contribution in [3.63, 3.8) is 0 Å². The van der Waals surface area contributed by atoms with Gasteiger partial charge in [0.2, 0.25) is 5.92 Å². The predicted molar refractivity (Wildman–Crippen MR) is 72.0 cm³/mol. The average molecular weight is 281 g/mol. The predicted octanol–water partition coefficient (Wildman–Crippen LogP) is 3.64. The van der Waals surface area contributed by atoms with Gasteiger partial charge in [-0.25, -0.2) is 17.7 Å². The van der Waals surface area contributed by atoms with Crippen LogP contribution in [0.2, 0.25) is 0 Å². The second-order valence-corrected chi connectivity index (χ2v) is 8.43. The standard InChI is InChI=1S/C13H25F2NOS/c1-10(16-18(17)12(2,3)4)9-11-5-7-13(14,15)8-6-11/h10-11,16H,5-9H2,1-4H3/t10-,18+/m0/s1. The Morgan fingerprint density at radius 2 is 1.83 bits per heavy atom. The van der Waals surface area contributed by atoms with Crippen LogP contribution in [-0.4, -0.2) is 20.9 Å². The van der Waals surface area contributed by atoms with Gasteiger partial charge in [0.05, 0.1) is 15.7 Å². The fourth-order valence-corrected chi connectivity index (χ4v) is 3.06. The summed E-state index contributed by atoms with van der Waals surface area (Å²) in [5, 5.41) is 0. The summed E-state index contributed by atoms with van der Waals surface area (Å²) in [6.45, 7) is 7.74. The van der Waals surface area contributed by atoms with Crippen molar-refractivity contribution in [1.82, 2.24) is 4.72 Å². The van der Waals surface area contributed by atoms with Gasteiger partial charge >= 0.3 is 0 Å². The molecule has 0 radical (unpaired) electrons. The molecule has 0 spiro atoms. The summed E-state index contributed by atoms with van der Waals surface area (Å²) in [5.74, 6) is -2.12. The number of alkyl halides is 2. The van der Waals surface area contributed by atoms with Crippen molar-refractivity contribution in [3.8, 4) is 0 Å². The van der Waals surface area contributed by atoms with Crippen molar-refractivity contribution in [3.05, 3.63) is 0 Å². The molecule has 0 amide bonds. The molecule has 2 nitrogen and oxygen atoms in total. The number of halogens is 2. The fraction of sp³-hybridized carbons (Fsp3) is 1.00. The van der Waals surface area contributed by atoms with Crippen LogP contribution in [0, 0.1) is 5.92 Å². The van der Waals surface area contributed by atoms with Crippen LogP contribution in [0.15, 0.2) is 0 Å². The van der Waals surface area contributed by atoms with E-state index in [1.54, 1.807) is 0 Å². The molecule has 0 aliphatic heterocycles. The van der Waals surface area contributed by atoms with Crippen molar-refractivity contribution in [1.29, 1.82) is 0 Å². The second-order valence-electron chi connectivity index (χ2n) is 6.44. The van der Waals surface area contributed by atoms with E-state index >= 15 is 0 Å². The fourth-order valence-electron chi connectivity index (χ4n) is 2.24. The molecule has 2 atom stereocenters. The molecule has 0 saturated heterocycles. The van der Waals surface area contributed by atoms with Crippen molar-refractivity contribution in [2.45, 2.75) is 76.5 Å². The molecule has 1 fully saturated rings. The molecule has 18 heavy (non-hydrogen) atoms. The molecular weight excluding hydrogens is 256 g/mol. The Balaban J connectivity index is 2.33. The molecule has 1 aliphatic rings. The Bertz CT molecular complexity index is 292. The van der Waals surface area contributed by atoms with Crippen LogP contribution in [-0.2, 0) is 11.0 Å². The third kappa shape index (κ3) is 5.31. The van der Waals surface area contributed by atoms with E-state index in [0.29, 0.717) is 18.8 Å². The van der Waals surface area contributed by atoms with Gasteiger partial charge in [0.1, 0.15) is 0 Å². The molecule has 1 aliphatic carbocycles. The maximum atomic E-state index is 13.0. The molecule has 5 heteroatoms. The van der Waals surface area contributed by atoms with Crippen LogP contribution in [0.1, 0.15) is 59.8 Å². The highest BCUT2D eigenvalue weighted by Gasteiger charge is 2.35. The summed E-state index contributed by atoms with van der Waals surface area (Å²) in [6, 6.07) is 0.113. The smallest absolute Gasteiger partial charge is 0.242 e. The summed E-state index contributed by atoms with van der Waals surface area (Å²) >= 11 is 0. The number of hydrogen-bond acceptors (Lipinski definition) is 1. The van der Waals surface area contributed by atoms with Gasteiger partial charge < -0.3 is 0 Å². The van der Waals surface area contributed by atoms with Gasteiger partial charge in [-0.1, -0.05) is 0 Å². The van der Waals surface area contributed by atoms with Crippen molar-refractivity contribution in [2.24, 2.45) is 5.92 Å². The van der Waals surface area contributed by atoms with E-state index in [1.807, 2.05) is 27.7 Å². The van der Waals surface area contributed by atoms with Crippen molar-refractivity contribution >= 4 is 11.0 Å². The molecule has 108 valence electrons. The SMILES string of the molecule is C[C@@H](CC1CCC(F)(F)CC1)N[S@](=O)C(C)(C)C. The highest BCUT2D eigenvalue weighted by atomic mass is 32.2. The lowest BCUT2D eigenvalue weighted by Crippen LogP contribution is -2.39. The summed E-state index contributed by atoms with van der Waals surface area (Å²) in [5.41, 5.74) is 0. The van der Waals surface area contributed by atoms with Crippen LogP contribution in [0.25, 0.3) is 0 Å². The zero-order chi connectivity index (χ0) is 14.0. The van der Waals surface area contributed by atoms with Gasteiger partial charge in [0.25, 0.3) is 0 Å². The molecule has 1 N–H and O–H groups in total. The van der Waals surface area contributed by atoms with Crippen molar-refractivity contribution < 1.29 is 13.0 Å². The van der Waals surface area contributed by atoms with E-state index in [2.05, 4.69) is 4.72 Å². The Hall–Kier alpha value is -0.0300. The molecule has 0 heterocycles. The van der Waals surface area contributed by atoms with Crippen LogP contribution in [0.3, 0.4) is 0 Å². The molecule has 0 aromatic heterocycles. The second kappa shape index (κ2) is 5.95. The van der Waals surface area contributed by atoms with Crippen molar-refractivity contribution in [2.75, 3.05) is 0 Å². The van der Waals surface area contributed by atoms with E-state index in [1.165, 1.54) is 0 Å².